The topological polar surface area (TPSA) is 48.9 Å². The van der Waals surface area contributed by atoms with Gasteiger partial charge in [-0.3, -0.25) is 9.89 Å². The van der Waals surface area contributed by atoms with E-state index in [4.69, 9.17) is 4.74 Å². The van der Waals surface area contributed by atoms with Gasteiger partial charge < -0.3 is 15.4 Å². The lowest BCUT2D eigenvalue weighted by Crippen LogP contribution is -2.44. The van der Waals surface area contributed by atoms with Crippen LogP contribution >= 0.6 is 24.0 Å². The Hall–Kier alpha value is -0.860. The van der Waals surface area contributed by atoms with Crippen LogP contribution in [0.5, 0.6) is 0 Å². The summed E-state index contributed by atoms with van der Waals surface area (Å²) in [5, 5.41) is 6.89. The Morgan fingerprint density at radius 3 is 2.77 bits per heavy atom. The zero-order chi connectivity index (χ0) is 18.1. The highest BCUT2D eigenvalue weighted by Crippen LogP contribution is 2.15. The second kappa shape index (κ2) is 12.5. The molecule has 26 heavy (non-hydrogen) atoms. The number of likely N-dealkylation sites (N-methyl/N-ethyl adjacent to an activating group) is 1. The second-order valence-corrected chi connectivity index (χ2v) is 6.91. The third-order valence-electron chi connectivity index (χ3n) is 4.67. The molecule has 0 aliphatic carbocycles. The number of ether oxygens (including phenoxy) is 1. The first-order valence-electron chi connectivity index (χ1n) is 9.50. The average Bonchev–Trinajstić information content (AvgIpc) is 3.08. The lowest BCUT2D eigenvalue weighted by molar-refractivity contribution is 0.0657. The molecule has 1 heterocycles. The fourth-order valence-corrected chi connectivity index (χ4v) is 3.26. The zero-order valence-corrected chi connectivity index (χ0v) is 19.0. The molecule has 1 saturated heterocycles. The molecule has 5 nitrogen and oxygen atoms in total. The molecule has 1 fully saturated rings. The summed E-state index contributed by atoms with van der Waals surface area (Å²) in [6.07, 6.45) is 2.83. The summed E-state index contributed by atoms with van der Waals surface area (Å²) < 4.78 is 5.68. The summed E-state index contributed by atoms with van der Waals surface area (Å²) in [4.78, 5) is 6.89. The summed E-state index contributed by atoms with van der Waals surface area (Å²) in [7, 11) is 1.83. The standard InChI is InChI=1S/C20H34N4O.HI/c1-5-24-11-7-10-19(24)14-23-20(21-4)22-13-17-8-6-9-18(12-17)15-25-16(2)3;/h6,8-9,12,16,19H,5,7,10-11,13-15H2,1-4H3,(H2,21,22,23);1H. The first-order chi connectivity index (χ1) is 12.1. The van der Waals surface area contributed by atoms with Crippen molar-refractivity contribution < 1.29 is 4.74 Å². The van der Waals surface area contributed by atoms with Gasteiger partial charge in [-0.25, -0.2) is 0 Å². The minimum atomic E-state index is 0. The molecule has 1 atom stereocenters. The van der Waals surface area contributed by atoms with Crippen LogP contribution in [0.2, 0.25) is 0 Å². The van der Waals surface area contributed by atoms with Gasteiger partial charge in [0.2, 0.25) is 0 Å². The first-order valence-corrected chi connectivity index (χ1v) is 9.50. The van der Waals surface area contributed by atoms with Crippen molar-refractivity contribution in [3.05, 3.63) is 35.4 Å². The van der Waals surface area contributed by atoms with Crippen molar-refractivity contribution in [1.29, 1.82) is 0 Å². The van der Waals surface area contributed by atoms with Gasteiger partial charge in [-0.1, -0.05) is 31.2 Å². The number of rotatable bonds is 8. The van der Waals surface area contributed by atoms with Crippen LogP contribution in [0, 0.1) is 0 Å². The Morgan fingerprint density at radius 1 is 1.31 bits per heavy atom. The average molecular weight is 474 g/mol. The van der Waals surface area contributed by atoms with Crippen LogP contribution in [-0.2, 0) is 17.9 Å². The molecule has 0 bridgehead atoms. The van der Waals surface area contributed by atoms with Gasteiger partial charge in [0, 0.05) is 26.2 Å². The van der Waals surface area contributed by atoms with Crippen LogP contribution in [-0.4, -0.2) is 49.7 Å². The lowest BCUT2D eigenvalue weighted by Gasteiger charge is -2.24. The molecule has 0 amide bonds. The molecule has 6 heteroatoms. The van der Waals surface area contributed by atoms with Crippen molar-refractivity contribution in [3.8, 4) is 0 Å². The first kappa shape index (κ1) is 23.2. The monoisotopic (exact) mass is 474 g/mol. The van der Waals surface area contributed by atoms with E-state index in [9.17, 15) is 0 Å². The van der Waals surface area contributed by atoms with Crippen molar-refractivity contribution in [1.82, 2.24) is 15.5 Å². The number of guanidine groups is 1. The molecule has 0 radical (unpaired) electrons. The fourth-order valence-electron chi connectivity index (χ4n) is 3.26. The van der Waals surface area contributed by atoms with E-state index in [0.717, 1.165) is 25.6 Å². The van der Waals surface area contributed by atoms with Gasteiger partial charge >= 0.3 is 0 Å². The molecule has 2 rings (SSSR count). The minimum Gasteiger partial charge on any atom is -0.374 e. The Balaban J connectivity index is 0.00000338. The van der Waals surface area contributed by atoms with Gasteiger partial charge in [0.05, 0.1) is 12.7 Å². The third-order valence-corrected chi connectivity index (χ3v) is 4.67. The van der Waals surface area contributed by atoms with Crippen molar-refractivity contribution in [2.45, 2.75) is 58.9 Å². The molecular weight excluding hydrogens is 439 g/mol. The maximum atomic E-state index is 5.68. The predicted molar refractivity (Wildman–Crippen MR) is 120 cm³/mol. The molecule has 2 N–H and O–H groups in total. The molecule has 1 aliphatic heterocycles. The molecule has 1 aromatic carbocycles. The number of halogens is 1. The maximum absolute atomic E-state index is 5.68. The number of aliphatic imine (C=N–C) groups is 1. The van der Waals surface area contributed by atoms with Crippen LogP contribution in [0.15, 0.2) is 29.3 Å². The van der Waals surface area contributed by atoms with Crippen molar-refractivity contribution >= 4 is 29.9 Å². The molecule has 0 aromatic heterocycles. The van der Waals surface area contributed by atoms with Crippen LogP contribution in [0.4, 0.5) is 0 Å². The number of likely N-dealkylation sites (tertiary alicyclic amines) is 1. The zero-order valence-electron chi connectivity index (χ0n) is 16.6. The number of benzene rings is 1. The molecule has 0 saturated carbocycles. The van der Waals surface area contributed by atoms with Gasteiger partial charge in [0.15, 0.2) is 5.96 Å². The molecule has 1 aliphatic rings. The van der Waals surface area contributed by atoms with Crippen molar-refractivity contribution in [3.63, 3.8) is 0 Å². The van der Waals surface area contributed by atoms with E-state index < -0.39 is 0 Å². The van der Waals surface area contributed by atoms with Gasteiger partial charge in [0.25, 0.3) is 0 Å². The number of hydrogen-bond acceptors (Lipinski definition) is 3. The Morgan fingerprint density at radius 2 is 2.08 bits per heavy atom. The largest absolute Gasteiger partial charge is 0.374 e. The van der Waals surface area contributed by atoms with Crippen LogP contribution < -0.4 is 10.6 Å². The van der Waals surface area contributed by atoms with Gasteiger partial charge in [-0.2, -0.15) is 0 Å². The van der Waals surface area contributed by atoms with Crippen molar-refractivity contribution in [2.24, 2.45) is 4.99 Å². The summed E-state index contributed by atoms with van der Waals surface area (Å²) >= 11 is 0. The Bertz CT molecular complexity index is 550. The van der Waals surface area contributed by atoms with E-state index in [1.807, 2.05) is 7.05 Å². The van der Waals surface area contributed by atoms with E-state index in [1.54, 1.807) is 0 Å². The summed E-state index contributed by atoms with van der Waals surface area (Å²) in [6, 6.07) is 9.15. The number of hydrogen-bond donors (Lipinski definition) is 2. The highest BCUT2D eigenvalue weighted by molar-refractivity contribution is 14.0. The second-order valence-electron chi connectivity index (χ2n) is 6.91. The molecule has 1 unspecified atom stereocenters. The Labute approximate surface area is 176 Å². The Kier molecular flexibility index (Phi) is 11.2. The minimum absolute atomic E-state index is 0. The van der Waals surface area contributed by atoms with Crippen LogP contribution in [0.1, 0.15) is 44.7 Å². The van der Waals surface area contributed by atoms with E-state index in [1.165, 1.54) is 30.5 Å². The van der Waals surface area contributed by atoms with E-state index in [0.29, 0.717) is 12.6 Å². The van der Waals surface area contributed by atoms with Gasteiger partial charge in [0.1, 0.15) is 0 Å². The van der Waals surface area contributed by atoms with Crippen molar-refractivity contribution in [2.75, 3.05) is 26.7 Å². The maximum Gasteiger partial charge on any atom is 0.191 e. The molecule has 148 valence electrons. The highest BCUT2D eigenvalue weighted by Gasteiger charge is 2.22. The summed E-state index contributed by atoms with van der Waals surface area (Å²) in [5.41, 5.74) is 2.45. The quantitative estimate of drug-likeness (QED) is 0.345. The predicted octanol–water partition coefficient (Wildman–Crippen LogP) is 3.38. The van der Waals surface area contributed by atoms with E-state index >= 15 is 0 Å². The van der Waals surface area contributed by atoms with Crippen LogP contribution in [0.3, 0.4) is 0 Å². The van der Waals surface area contributed by atoms with Crippen LogP contribution in [0.25, 0.3) is 0 Å². The highest BCUT2D eigenvalue weighted by atomic mass is 127. The SMILES string of the molecule is CCN1CCCC1CNC(=NC)NCc1cccc(COC(C)C)c1.I. The fraction of sp³-hybridized carbons (Fsp3) is 0.650. The number of nitrogens with one attached hydrogen (secondary N) is 2. The smallest absolute Gasteiger partial charge is 0.191 e. The van der Waals surface area contributed by atoms with E-state index in [-0.39, 0.29) is 30.1 Å². The summed E-state index contributed by atoms with van der Waals surface area (Å²) in [6.45, 7) is 11.1. The number of nitrogens with zero attached hydrogens (tertiary/aromatic N) is 2. The van der Waals surface area contributed by atoms with Gasteiger partial charge in [-0.15, -0.1) is 24.0 Å². The van der Waals surface area contributed by atoms with E-state index in [2.05, 4.69) is 65.6 Å². The molecule has 0 spiro atoms. The lowest BCUT2D eigenvalue weighted by atomic mass is 10.1. The summed E-state index contributed by atoms with van der Waals surface area (Å²) in [5.74, 6) is 0.867. The third kappa shape index (κ3) is 7.80. The molecular formula is C20H35IN4O. The molecule has 1 aromatic rings. The van der Waals surface area contributed by atoms with Gasteiger partial charge in [-0.05, 0) is 50.9 Å². The normalized spacial score (nSPS) is 18.0.